The van der Waals surface area contributed by atoms with E-state index in [1.54, 1.807) is 35.2 Å². The fraction of sp³-hybridized carbons (Fsp3) is 0.370. The van der Waals surface area contributed by atoms with Gasteiger partial charge in [-0.15, -0.1) is 0 Å². The first-order chi connectivity index (χ1) is 18.8. The van der Waals surface area contributed by atoms with E-state index in [9.17, 15) is 24.5 Å². The molecule has 0 radical (unpaired) electrons. The molecule has 12 heteroatoms. The van der Waals surface area contributed by atoms with Gasteiger partial charge >= 0.3 is 0 Å². The highest BCUT2D eigenvalue weighted by Crippen LogP contribution is 2.36. The maximum atomic E-state index is 13.5. The van der Waals surface area contributed by atoms with Crippen LogP contribution in [0.2, 0.25) is 0 Å². The smallest absolute Gasteiger partial charge is 0.294 e. The van der Waals surface area contributed by atoms with Crippen molar-refractivity contribution >= 4 is 50.0 Å². The standard InChI is InChI=1S/C27H28BrN5O6/c28-16-13-19(27(36)32-9-11-39-12-10-32)25(23(14-16)33(37)38)30-21-7-3-4-8-22(21)31-26(35)18-15-24(34)29-20-6-2-1-5-17(18)20/h1-2,5-6,13-15,21-22,30H,3-4,7-12H2,(H,29,34)(H,31,35)/t21-,22+/m1/s1. The Balaban J connectivity index is 1.46. The van der Waals surface area contributed by atoms with Crippen LogP contribution < -0.4 is 16.2 Å². The summed E-state index contributed by atoms with van der Waals surface area (Å²) in [6, 6.07) is 10.6. The van der Waals surface area contributed by atoms with Crippen LogP contribution in [0.1, 0.15) is 46.4 Å². The van der Waals surface area contributed by atoms with E-state index in [4.69, 9.17) is 4.74 Å². The molecule has 1 aromatic heterocycles. The zero-order valence-electron chi connectivity index (χ0n) is 21.1. The molecule has 2 heterocycles. The van der Waals surface area contributed by atoms with Crippen LogP contribution in [0, 0.1) is 10.1 Å². The van der Waals surface area contributed by atoms with E-state index < -0.39 is 10.8 Å². The molecule has 5 rings (SSSR count). The first-order valence-corrected chi connectivity index (χ1v) is 13.7. The average Bonchev–Trinajstić information content (AvgIpc) is 2.94. The number of carbonyl (C=O) groups excluding carboxylic acids is 2. The van der Waals surface area contributed by atoms with Gasteiger partial charge in [-0.2, -0.15) is 0 Å². The normalized spacial score (nSPS) is 19.5. The molecule has 1 saturated carbocycles. The number of pyridine rings is 1. The topological polar surface area (TPSA) is 147 Å². The summed E-state index contributed by atoms with van der Waals surface area (Å²) in [5, 5.41) is 19.0. The molecule has 0 unspecified atom stereocenters. The Morgan fingerprint density at radius 2 is 1.77 bits per heavy atom. The number of nitro benzene ring substituents is 1. The summed E-state index contributed by atoms with van der Waals surface area (Å²) in [5.74, 6) is -0.720. The van der Waals surface area contributed by atoms with Crippen molar-refractivity contribution in [2.75, 3.05) is 31.6 Å². The largest absolute Gasteiger partial charge is 0.378 e. The molecule has 1 aliphatic carbocycles. The first-order valence-electron chi connectivity index (χ1n) is 12.9. The number of aromatic nitrogens is 1. The second kappa shape index (κ2) is 11.5. The minimum absolute atomic E-state index is 0.132. The zero-order valence-corrected chi connectivity index (χ0v) is 22.7. The Morgan fingerprint density at radius 1 is 1.05 bits per heavy atom. The van der Waals surface area contributed by atoms with E-state index in [0.29, 0.717) is 54.5 Å². The Labute approximate surface area is 232 Å². The molecule has 2 aromatic carbocycles. The fourth-order valence-electron chi connectivity index (χ4n) is 5.29. The Hall–Kier alpha value is -3.77. The van der Waals surface area contributed by atoms with Crippen molar-refractivity contribution in [1.29, 1.82) is 0 Å². The Kier molecular flexibility index (Phi) is 7.94. The molecule has 3 aromatic rings. The van der Waals surface area contributed by atoms with E-state index in [1.807, 2.05) is 0 Å². The minimum atomic E-state index is -0.512. The van der Waals surface area contributed by atoms with Gasteiger partial charge in [0.25, 0.3) is 17.5 Å². The fourth-order valence-corrected chi connectivity index (χ4v) is 5.74. The summed E-state index contributed by atoms with van der Waals surface area (Å²) < 4.78 is 5.78. The first kappa shape index (κ1) is 26.8. The third-order valence-corrected chi connectivity index (χ3v) is 7.67. The summed E-state index contributed by atoms with van der Waals surface area (Å²) in [4.78, 5) is 55.0. The molecule has 2 amide bonds. The number of hydrogen-bond acceptors (Lipinski definition) is 7. The molecule has 11 nitrogen and oxygen atoms in total. The second-order valence-corrected chi connectivity index (χ2v) is 10.6. The molecule has 39 heavy (non-hydrogen) atoms. The van der Waals surface area contributed by atoms with Crippen LogP contribution in [0.4, 0.5) is 11.4 Å². The number of nitrogens with one attached hydrogen (secondary N) is 3. The van der Waals surface area contributed by atoms with Gasteiger partial charge in [-0.3, -0.25) is 24.5 Å². The predicted molar refractivity (Wildman–Crippen MR) is 149 cm³/mol. The van der Waals surface area contributed by atoms with Gasteiger partial charge in [0.1, 0.15) is 5.69 Å². The lowest BCUT2D eigenvalue weighted by atomic mass is 9.89. The molecule has 1 saturated heterocycles. The number of benzene rings is 2. The molecule has 2 fully saturated rings. The molecule has 2 atom stereocenters. The van der Waals surface area contributed by atoms with Gasteiger partial charge in [0, 0.05) is 52.7 Å². The molecule has 0 spiro atoms. The molecule has 0 bridgehead atoms. The third-order valence-electron chi connectivity index (χ3n) is 7.22. The van der Waals surface area contributed by atoms with Gasteiger partial charge in [0.05, 0.1) is 29.3 Å². The summed E-state index contributed by atoms with van der Waals surface area (Å²) >= 11 is 3.32. The maximum absolute atomic E-state index is 13.5. The van der Waals surface area contributed by atoms with Gasteiger partial charge in [0.2, 0.25) is 5.56 Å². The molecular weight excluding hydrogens is 570 g/mol. The van der Waals surface area contributed by atoms with E-state index in [-0.39, 0.29) is 46.1 Å². The molecule has 2 aliphatic rings. The van der Waals surface area contributed by atoms with Gasteiger partial charge in [-0.1, -0.05) is 47.0 Å². The van der Waals surface area contributed by atoms with Crippen molar-refractivity contribution in [3.8, 4) is 0 Å². The highest BCUT2D eigenvalue weighted by molar-refractivity contribution is 9.10. The van der Waals surface area contributed by atoms with Gasteiger partial charge in [-0.05, 0) is 25.0 Å². The average molecular weight is 598 g/mol. The van der Waals surface area contributed by atoms with Crippen molar-refractivity contribution in [2.24, 2.45) is 0 Å². The van der Waals surface area contributed by atoms with Crippen LogP contribution >= 0.6 is 15.9 Å². The number of amides is 2. The van der Waals surface area contributed by atoms with Crippen molar-refractivity contribution in [3.05, 3.63) is 78.5 Å². The van der Waals surface area contributed by atoms with Crippen LogP contribution in [0.5, 0.6) is 0 Å². The number of nitrogens with zero attached hydrogens (tertiary/aromatic N) is 2. The van der Waals surface area contributed by atoms with Crippen LogP contribution in [0.3, 0.4) is 0 Å². The molecule has 3 N–H and O–H groups in total. The van der Waals surface area contributed by atoms with E-state index in [1.165, 1.54) is 12.1 Å². The number of nitro groups is 1. The Morgan fingerprint density at radius 3 is 2.51 bits per heavy atom. The maximum Gasteiger partial charge on any atom is 0.294 e. The van der Waals surface area contributed by atoms with Crippen molar-refractivity contribution in [2.45, 2.75) is 37.8 Å². The summed E-state index contributed by atoms with van der Waals surface area (Å²) in [6.07, 6.45) is 3.00. The molecule has 204 valence electrons. The number of para-hydroxylation sites is 1. The van der Waals surface area contributed by atoms with Crippen LogP contribution in [-0.4, -0.2) is 65.0 Å². The monoisotopic (exact) mass is 597 g/mol. The number of halogens is 1. The van der Waals surface area contributed by atoms with Gasteiger partial charge < -0.3 is 25.3 Å². The van der Waals surface area contributed by atoms with Crippen LogP contribution in [0.25, 0.3) is 10.9 Å². The van der Waals surface area contributed by atoms with Crippen molar-refractivity contribution < 1.29 is 19.2 Å². The van der Waals surface area contributed by atoms with Crippen LogP contribution in [0.15, 0.2) is 51.7 Å². The third kappa shape index (κ3) is 5.81. The SMILES string of the molecule is O=C(N[C@H]1CCCC[C@H]1Nc1c(C(=O)N2CCOCC2)cc(Br)cc1[N+](=O)[O-])c1cc(=O)[nH]c2ccccc12. The lowest BCUT2D eigenvalue weighted by molar-refractivity contribution is -0.384. The summed E-state index contributed by atoms with van der Waals surface area (Å²) in [7, 11) is 0. The highest BCUT2D eigenvalue weighted by atomic mass is 79.9. The molecule has 1 aliphatic heterocycles. The number of anilines is 1. The van der Waals surface area contributed by atoms with E-state index in [2.05, 4.69) is 31.5 Å². The number of aromatic amines is 1. The van der Waals surface area contributed by atoms with E-state index >= 15 is 0 Å². The summed E-state index contributed by atoms with van der Waals surface area (Å²) in [6.45, 7) is 1.59. The number of H-pyrrole nitrogens is 1. The number of rotatable bonds is 6. The van der Waals surface area contributed by atoms with Gasteiger partial charge in [0.15, 0.2) is 0 Å². The minimum Gasteiger partial charge on any atom is -0.378 e. The number of hydrogen-bond donors (Lipinski definition) is 3. The Bertz CT molecular complexity index is 1490. The van der Waals surface area contributed by atoms with Crippen molar-refractivity contribution in [1.82, 2.24) is 15.2 Å². The number of fused-ring (bicyclic) bond motifs is 1. The lowest BCUT2D eigenvalue weighted by Gasteiger charge is -2.34. The zero-order chi connectivity index (χ0) is 27.5. The number of carbonyl (C=O) groups is 2. The quantitative estimate of drug-likeness (QED) is 0.289. The van der Waals surface area contributed by atoms with E-state index in [0.717, 1.165) is 12.8 Å². The van der Waals surface area contributed by atoms with Crippen LogP contribution in [-0.2, 0) is 4.74 Å². The van der Waals surface area contributed by atoms with Gasteiger partial charge in [-0.25, -0.2) is 0 Å². The lowest BCUT2D eigenvalue weighted by Crippen LogP contribution is -2.49. The number of ether oxygens (including phenoxy) is 1. The predicted octanol–water partition coefficient (Wildman–Crippen LogP) is 3.82. The molecular formula is C27H28BrN5O6. The highest BCUT2D eigenvalue weighted by Gasteiger charge is 2.33. The van der Waals surface area contributed by atoms with Crippen molar-refractivity contribution in [3.63, 3.8) is 0 Å². The summed E-state index contributed by atoms with van der Waals surface area (Å²) in [5.41, 5.74) is 0.537. The second-order valence-electron chi connectivity index (χ2n) is 9.72. The number of morpholine rings is 1.